The van der Waals surface area contributed by atoms with Crippen molar-refractivity contribution < 1.29 is 18.1 Å². The maximum atomic E-state index is 12.6. The molecule has 0 spiro atoms. The molecule has 154 valence electrons. The fraction of sp³-hybridized carbons (Fsp3) is 0.0952. The maximum absolute atomic E-state index is 12.6. The zero-order valence-corrected chi connectivity index (χ0v) is 16.8. The summed E-state index contributed by atoms with van der Waals surface area (Å²) >= 11 is 0. The van der Waals surface area contributed by atoms with E-state index in [4.69, 9.17) is 0 Å². The van der Waals surface area contributed by atoms with E-state index < -0.39 is 20.9 Å². The number of hydrogen-bond acceptors (Lipinski definition) is 5. The van der Waals surface area contributed by atoms with Gasteiger partial charge in [-0.1, -0.05) is 42.5 Å². The number of sulfonamides is 1. The van der Waals surface area contributed by atoms with Crippen LogP contribution in [0.15, 0.2) is 77.7 Å². The molecule has 0 bridgehead atoms. The molecule has 0 unspecified atom stereocenters. The summed E-state index contributed by atoms with van der Waals surface area (Å²) in [7, 11) is -3.83. The molecule has 3 aromatic carbocycles. The highest BCUT2D eigenvalue weighted by Crippen LogP contribution is 2.23. The standard InChI is InChI=1S/C21H19N3O5S/c1-15-10-11-18(13-20(15)24(26)27)23-21(25)17-8-5-9-19(12-17)30(28,29)22-14-16-6-3-2-4-7-16/h2-13,22H,14H2,1H3,(H,23,25). The molecule has 0 heterocycles. The fourth-order valence-corrected chi connectivity index (χ4v) is 3.81. The van der Waals surface area contributed by atoms with E-state index in [1.54, 1.807) is 25.1 Å². The van der Waals surface area contributed by atoms with E-state index in [0.29, 0.717) is 5.56 Å². The van der Waals surface area contributed by atoms with Crippen LogP contribution in [-0.4, -0.2) is 19.2 Å². The van der Waals surface area contributed by atoms with Gasteiger partial charge in [-0.3, -0.25) is 14.9 Å². The van der Waals surface area contributed by atoms with E-state index in [1.165, 1.54) is 36.4 Å². The Balaban J connectivity index is 1.76. The summed E-state index contributed by atoms with van der Waals surface area (Å²) in [4.78, 5) is 23.0. The second kappa shape index (κ2) is 8.85. The van der Waals surface area contributed by atoms with Gasteiger partial charge in [-0.05, 0) is 36.8 Å². The number of aryl methyl sites for hydroxylation is 1. The molecule has 1 amide bonds. The molecule has 9 heteroatoms. The molecular weight excluding hydrogens is 406 g/mol. The molecule has 0 aromatic heterocycles. The summed E-state index contributed by atoms with van der Waals surface area (Å²) in [6.07, 6.45) is 0. The lowest BCUT2D eigenvalue weighted by molar-refractivity contribution is -0.385. The lowest BCUT2D eigenvalue weighted by Crippen LogP contribution is -2.23. The SMILES string of the molecule is Cc1ccc(NC(=O)c2cccc(S(=O)(=O)NCc3ccccc3)c2)cc1[N+](=O)[O-]. The van der Waals surface area contributed by atoms with Gasteiger partial charge in [0.2, 0.25) is 10.0 Å². The van der Waals surface area contributed by atoms with Crippen molar-refractivity contribution in [1.82, 2.24) is 4.72 Å². The van der Waals surface area contributed by atoms with Gasteiger partial charge in [-0.15, -0.1) is 0 Å². The van der Waals surface area contributed by atoms with Crippen LogP contribution < -0.4 is 10.0 Å². The molecule has 0 aliphatic heterocycles. The molecule has 0 radical (unpaired) electrons. The second-order valence-corrected chi connectivity index (χ2v) is 8.32. The number of hydrogen-bond donors (Lipinski definition) is 2. The summed E-state index contributed by atoms with van der Waals surface area (Å²) in [5, 5.41) is 13.6. The Labute approximate surface area is 173 Å². The molecule has 0 aliphatic rings. The minimum absolute atomic E-state index is 0.0547. The Morgan fingerprint density at radius 2 is 1.73 bits per heavy atom. The monoisotopic (exact) mass is 425 g/mol. The van der Waals surface area contributed by atoms with Crippen LogP contribution in [0.4, 0.5) is 11.4 Å². The van der Waals surface area contributed by atoms with Crippen molar-refractivity contribution in [3.63, 3.8) is 0 Å². The van der Waals surface area contributed by atoms with Gasteiger partial charge in [0.05, 0.1) is 9.82 Å². The lowest BCUT2D eigenvalue weighted by atomic mass is 10.1. The number of carbonyl (C=O) groups excluding carboxylic acids is 1. The number of carbonyl (C=O) groups is 1. The summed E-state index contributed by atoms with van der Waals surface area (Å²) in [6.45, 7) is 1.72. The van der Waals surface area contributed by atoms with Gasteiger partial charge in [-0.2, -0.15) is 0 Å². The predicted octanol–water partition coefficient (Wildman–Crippen LogP) is 3.63. The van der Waals surface area contributed by atoms with Crippen molar-refractivity contribution in [2.75, 3.05) is 5.32 Å². The Morgan fingerprint density at radius 1 is 1.00 bits per heavy atom. The molecular formula is C21H19N3O5S. The third-order valence-corrected chi connectivity index (χ3v) is 5.78. The molecule has 0 aliphatic carbocycles. The van der Waals surface area contributed by atoms with Crippen LogP contribution in [-0.2, 0) is 16.6 Å². The first-order chi connectivity index (χ1) is 14.3. The van der Waals surface area contributed by atoms with Gasteiger partial charge < -0.3 is 5.32 Å². The number of nitro groups is 1. The van der Waals surface area contributed by atoms with Gasteiger partial charge in [0, 0.05) is 29.4 Å². The second-order valence-electron chi connectivity index (χ2n) is 6.55. The van der Waals surface area contributed by atoms with Gasteiger partial charge in [0.25, 0.3) is 11.6 Å². The first-order valence-electron chi connectivity index (χ1n) is 8.96. The highest BCUT2D eigenvalue weighted by molar-refractivity contribution is 7.89. The number of benzene rings is 3. The normalized spacial score (nSPS) is 11.1. The molecule has 2 N–H and O–H groups in total. The van der Waals surface area contributed by atoms with Crippen LogP contribution in [0.2, 0.25) is 0 Å². The smallest absolute Gasteiger partial charge is 0.274 e. The minimum Gasteiger partial charge on any atom is -0.322 e. The van der Waals surface area contributed by atoms with E-state index in [2.05, 4.69) is 10.0 Å². The molecule has 3 rings (SSSR count). The Hall–Kier alpha value is -3.56. The van der Waals surface area contributed by atoms with Crippen molar-refractivity contribution in [2.45, 2.75) is 18.4 Å². The van der Waals surface area contributed by atoms with Crippen molar-refractivity contribution >= 4 is 27.3 Å². The van der Waals surface area contributed by atoms with Crippen LogP contribution >= 0.6 is 0 Å². The highest BCUT2D eigenvalue weighted by Gasteiger charge is 2.17. The summed E-state index contributed by atoms with van der Waals surface area (Å²) in [5.41, 5.74) is 1.51. The van der Waals surface area contributed by atoms with Crippen LogP contribution in [0.25, 0.3) is 0 Å². The minimum atomic E-state index is -3.83. The van der Waals surface area contributed by atoms with Gasteiger partial charge in [0.1, 0.15) is 0 Å². The Kier molecular flexibility index (Phi) is 6.24. The average Bonchev–Trinajstić information content (AvgIpc) is 2.74. The molecule has 3 aromatic rings. The maximum Gasteiger partial charge on any atom is 0.274 e. The Bertz CT molecular complexity index is 1190. The zero-order valence-electron chi connectivity index (χ0n) is 16.0. The van der Waals surface area contributed by atoms with E-state index in [-0.39, 0.29) is 28.4 Å². The van der Waals surface area contributed by atoms with Gasteiger partial charge in [0.15, 0.2) is 0 Å². The zero-order chi connectivity index (χ0) is 21.7. The topological polar surface area (TPSA) is 118 Å². The summed E-state index contributed by atoms with van der Waals surface area (Å²) in [6, 6.07) is 19.0. The van der Waals surface area contributed by atoms with Gasteiger partial charge in [-0.25, -0.2) is 13.1 Å². The molecule has 0 saturated heterocycles. The largest absolute Gasteiger partial charge is 0.322 e. The van der Waals surface area contributed by atoms with Gasteiger partial charge >= 0.3 is 0 Å². The van der Waals surface area contributed by atoms with E-state index in [1.807, 2.05) is 18.2 Å². The third kappa shape index (κ3) is 5.07. The average molecular weight is 425 g/mol. The number of nitro benzene ring substituents is 1. The first kappa shape index (κ1) is 21.2. The quantitative estimate of drug-likeness (QED) is 0.443. The third-order valence-electron chi connectivity index (χ3n) is 4.38. The number of amides is 1. The van der Waals surface area contributed by atoms with Crippen molar-refractivity contribution in [3.05, 3.63) is 99.6 Å². The number of nitrogens with one attached hydrogen (secondary N) is 2. The van der Waals surface area contributed by atoms with Crippen LogP contribution in [0, 0.1) is 17.0 Å². The molecule has 8 nitrogen and oxygen atoms in total. The number of anilines is 1. The van der Waals surface area contributed by atoms with E-state index in [9.17, 15) is 23.3 Å². The van der Waals surface area contributed by atoms with Crippen molar-refractivity contribution in [3.8, 4) is 0 Å². The van der Waals surface area contributed by atoms with E-state index >= 15 is 0 Å². The highest BCUT2D eigenvalue weighted by atomic mass is 32.2. The number of nitrogens with zero attached hydrogens (tertiary/aromatic N) is 1. The van der Waals surface area contributed by atoms with E-state index in [0.717, 1.165) is 5.56 Å². The van der Waals surface area contributed by atoms with Crippen LogP contribution in [0.5, 0.6) is 0 Å². The molecule has 30 heavy (non-hydrogen) atoms. The molecule has 0 fully saturated rings. The summed E-state index contributed by atoms with van der Waals surface area (Å²) in [5.74, 6) is -0.576. The van der Waals surface area contributed by atoms with Crippen LogP contribution in [0.3, 0.4) is 0 Å². The Morgan fingerprint density at radius 3 is 2.43 bits per heavy atom. The van der Waals surface area contributed by atoms with Crippen LogP contribution in [0.1, 0.15) is 21.5 Å². The molecule has 0 atom stereocenters. The molecule has 0 saturated carbocycles. The fourth-order valence-electron chi connectivity index (χ4n) is 2.75. The predicted molar refractivity (Wildman–Crippen MR) is 113 cm³/mol. The van der Waals surface area contributed by atoms with Crippen molar-refractivity contribution in [2.24, 2.45) is 0 Å². The summed E-state index contributed by atoms with van der Waals surface area (Å²) < 4.78 is 27.7. The van der Waals surface area contributed by atoms with Crippen molar-refractivity contribution in [1.29, 1.82) is 0 Å². The lowest BCUT2D eigenvalue weighted by Gasteiger charge is -2.09. The first-order valence-corrected chi connectivity index (χ1v) is 10.4. The number of rotatable bonds is 7.